The summed E-state index contributed by atoms with van der Waals surface area (Å²) in [6, 6.07) is -0.493. The van der Waals surface area contributed by atoms with Crippen LogP contribution in [0.5, 0.6) is 0 Å². The van der Waals surface area contributed by atoms with Crippen LogP contribution in [0.25, 0.3) is 0 Å². The average molecular weight is 820 g/mol. The number of aliphatic hydroxyl groups excluding tert-OH is 2. The Morgan fingerprint density at radius 3 is 2.28 bits per heavy atom. The molecular formula is C41H77N3O13. The molecule has 0 saturated carbocycles. The molecule has 0 aromatic rings. The molecule has 4 unspecified atom stereocenters. The standard InChI is InChI=1S/C41H77N3O13/c1-15-31-28(7)44(12)21-24(3)33(43-52-22-51-17-16-49-13)23(2)19-40(9,48)37(57-39-34(45)30(42-11)18-25(4)53-39)26(5)35(27(6)38(47)55-31)56-32-20-41(10,50-14)36(46)29(8)54-32/h23-32,34-37,39,42,45-46,48H,15-22H2,1-14H3/b43-33+/t23-,24?,25-,26+,27-,28?,29+,30+,31?,32+,34-,35?,36+,37-,39+,40+,41-/m1/s1. The van der Waals surface area contributed by atoms with Crippen molar-refractivity contribution >= 4 is 11.7 Å². The number of aliphatic hydroxyl groups is 3. The number of carbonyl (C=O) groups is 1. The van der Waals surface area contributed by atoms with Crippen LogP contribution >= 0.6 is 0 Å². The van der Waals surface area contributed by atoms with Crippen LogP contribution in [0.15, 0.2) is 5.16 Å². The largest absolute Gasteiger partial charge is 0.460 e. The van der Waals surface area contributed by atoms with Crippen molar-refractivity contribution in [3.63, 3.8) is 0 Å². The summed E-state index contributed by atoms with van der Waals surface area (Å²) in [5.41, 5.74) is -1.92. The van der Waals surface area contributed by atoms with Gasteiger partial charge in [0.15, 0.2) is 12.6 Å². The van der Waals surface area contributed by atoms with Crippen molar-refractivity contribution in [1.82, 2.24) is 10.2 Å². The molecular weight excluding hydrogens is 742 g/mol. The maximum atomic E-state index is 14.3. The Hall–Kier alpha value is -1.54. The summed E-state index contributed by atoms with van der Waals surface area (Å²) in [7, 11) is 6.89. The van der Waals surface area contributed by atoms with Gasteiger partial charge in [-0.1, -0.05) is 32.9 Å². The van der Waals surface area contributed by atoms with Gasteiger partial charge in [-0.25, -0.2) is 0 Å². The van der Waals surface area contributed by atoms with E-state index in [2.05, 4.69) is 22.3 Å². The Labute approximate surface area is 341 Å². The molecule has 16 nitrogen and oxygen atoms in total. The van der Waals surface area contributed by atoms with Gasteiger partial charge in [0.25, 0.3) is 0 Å². The van der Waals surface area contributed by atoms with Crippen LogP contribution in [0, 0.1) is 23.7 Å². The van der Waals surface area contributed by atoms with Crippen LogP contribution in [-0.2, 0) is 47.5 Å². The molecule has 0 spiro atoms. The highest BCUT2D eigenvalue weighted by molar-refractivity contribution is 5.88. The van der Waals surface area contributed by atoms with Gasteiger partial charge in [0, 0.05) is 57.0 Å². The summed E-state index contributed by atoms with van der Waals surface area (Å²) in [4.78, 5) is 22.2. The molecule has 3 fully saturated rings. The highest BCUT2D eigenvalue weighted by Gasteiger charge is 2.51. The number of esters is 1. The molecule has 3 heterocycles. The molecule has 3 rings (SSSR count). The van der Waals surface area contributed by atoms with Crippen molar-refractivity contribution in [2.24, 2.45) is 28.8 Å². The van der Waals surface area contributed by atoms with Gasteiger partial charge in [0.2, 0.25) is 6.79 Å². The van der Waals surface area contributed by atoms with Crippen LogP contribution in [-0.4, -0.2) is 165 Å². The molecule has 3 saturated heterocycles. The van der Waals surface area contributed by atoms with E-state index in [-0.39, 0.29) is 49.7 Å². The zero-order chi connectivity index (χ0) is 42.8. The minimum atomic E-state index is -1.62. The molecule has 16 heteroatoms. The van der Waals surface area contributed by atoms with E-state index in [1.54, 1.807) is 41.9 Å². The fourth-order valence-electron chi connectivity index (χ4n) is 8.81. The molecule has 0 amide bonds. The van der Waals surface area contributed by atoms with Gasteiger partial charge in [-0.05, 0) is 74.9 Å². The first kappa shape index (κ1) is 49.8. The zero-order valence-corrected chi connectivity index (χ0v) is 37.1. The zero-order valence-electron chi connectivity index (χ0n) is 37.1. The summed E-state index contributed by atoms with van der Waals surface area (Å²) < 4.78 is 48.7. The number of ether oxygens (including phenoxy) is 8. The van der Waals surface area contributed by atoms with E-state index in [9.17, 15) is 20.1 Å². The van der Waals surface area contributed by atoms with E-state index >= 15 is 0 Å². The second-order valence-corrected chi connectivity index (χ2v) is 17.3. The SMILES string of the molecule is CCC1OC(=O)[C@H](C)C(O[C@H]2C[C@@](C)(OC)[C@@H](O)[C@H](C)O2)[C@H](C)[C@@H](O[C@@H]2O[C@H](C)C[C@H](NC)[C@H]2O)[C@@](C)(O)C[C@@H](C)/C(=N\OCOCCOC)C(C)CN(C)C1C. The number of methoxy groups -OCH3 is 2. The third kappa shape index (κ3) is 13.0. The number of rotatable bonds is 13. The molecule has 3 aliphatic heterocycles. The topological polar surface area (TPSA) is 188 Å². The average Bonchev–Trinajstić information content (AvgIpc) is 3.16. The Morgan fingerprint density at radius 2 is 1.67 bits per heavy atom. The molecule has 57 heavy (non-hydrogen) atoms. The number of hydrogen-bond acceptors (Lipinski definition) is 16. The molecule has 0 bridgehead atoms. The van der Waals surface area contributed by atoms with E-state index < -0.39 is 78.2 Å². The molecule has 3 aliphatic rings. The van der Waals surface area contributed by atoms with E-state index in [0.29, 0.717) is 38.3 Å². The number of nitrogens with one attached hydrogen (secondary N) is 1. The lowest BCUT2D eigenvalue weighted by molar-refractivity contribution is -0.315. The van der Waals surface area contributed by atoms with Crippen molar-refractivity contribution in [2.45, 2.75) is 174 Å². The fraction of sp³-hybridized carbons (Fsp3) is 0.951. The number of nitrogens with zero attached hydrogens (tertiary/aromatic N) is 2. The van der Waals surface area contributed by atoms with Crippen LogP contribution in [0.4, 0.5) is 0 Å². The number of cyclic esters (lactones) is 1. The molecule has 0 aromatic carbocycles. The second-order valence-electron chi connectivity index (χ2n) is 17.3. The fourth-order valence-corrected chi connectivity index (χ4v) is 8.81. The predicted molar refractivity (Wildman–Crippen MR) is 213 cm³/mol. The normalized spacial score (nSPS) is 44.3. The predicted octanol–water partition coefficient (Wildman–Crippen LogP) is 3.08. The maximum absolute atomic E-state index is 14.3. The smallest absolute Gasteiger partial charge is 0.311 e. The Balaban J connectivity index is 2.18. The first-order valence-electron chi connectivity index (χ1n) is 20.8. The van der Waals surface area contributed by atoms with E-state index in [1.807, 2.05) is 41.7 Å². The number of likely N-dealkylation sites (N-methyl/N-ethyl adjacent to an activating group) is 2. The van der Waals surface area contributed by atoms with Gasteiger partial charge in [-0.15, -0.1) is 0 Å². The van der Waals surface area contributed by atoms with E-state index in [1.165, 1.54) is 7.11 Å². The summed E-state index contributed by atoms with van der Waals surface area (Å²) in [6.45, 7) is 20.0. The van der Waals surface area contributed by atoms with Gasteiger partial charge < -0.3 is 63.4 Å². The van der Waals surface area contributed by atoms with Gasteiger partial charge in [-0.3, -0.25) is 9.69 Å². The summed E-state index contributed by atoms with van der Waals surface area (Å²) >= 11 is 0. The minimum absolute atomic E-state index is 0.0782. The van der Waals surface area contributed by atoms with Crippen molar-refractivity contribution in [2.75, 3.05) is 54.9 Å². The van der Waals surface area contributed by atoms with Crippen molar-refractivity contribution in [3.05, 3.63) is 0 Å². The third-order valence-corrected chi connectivity index (χ3v) is 12.5. The van der Waals surface area contributed by atoms with Gasteiger partial charge in [-0.2, -0.15) is 0 Å². The quantitative estimate of drug-likeness (QED) is 0.0919. The lowest BCUT2D eigenvalue weighted by Gasteiger charge is -2.48. The van der Waals surface area contributed by atoms with Crippen LogP contribution in [0.2, 0.25) is 0 Å². The number of oxime groups is 1. The van der Waals surface area contributed by atoms with Crippen molar-refractivity contribution in [1.29, 1.82) is 0 Å². The molecule has 0 aromatic heterocycles. The van der Waals surface area contributed by atoms with E-state index in [0.717, 1.165) is 0 Å². The van der Waals surface area contributed by atoms with Gasteiger partial charge in [0.05, 0.1) is 60.5 Å². The van der Waals surface area contributed by atoms with Crippen LogP contribution in [0.3, 0.4) is 0 Å². The summed E-state index contributed by atoms with van der Waals surface area (Å²) in [5.74, 6) is -2.58. The van der Waals surface area contributed by atoms with Crippen LogP contribution < -0.4 is 5.32 Å². The lowest BCUT2D eigenvalue weighted by Crippen LogP contribution is -2.60. The lowest BCUT2D eigenvalue weighted by atomic mass is 9.76. The third-order valence-electron chi connectivity index (χ3n) is 12.5. The monoisotopic (exact) mass is 820 g/mol. The highest BCUT2D eigenvalue weighted by Crippen LogP contribution is 2.40. The van der Waals surface area contributed by atoms with Crippen molar-refractivity contribution in [3.8, 4) is 0 Å². The molecule has 4 N–H and O–H groups in total. The number of hydrogen-bond donors (Lipinski definition) is 4. The van der Waals surface area contributed by atoms with Gasteiger partial charge >= 0.3 is 5.97 Å². The Kier molecular flexibility index (Phi) is 19.5. The minimum Gasteiger partial charge on any atom is -0.460 e. The van der Waals surface area contributed by atoms with Crippen molar-refractivity contribution < 1.29 is 62.8 Å². The second kappa shape index (κ2) is 22.3. The summed E-state index contributed by atoms with van der Waals surface area (Å²) in [6.07, 6.45) is -5.98. The maximum Gasteiger partial charge on any atom is 0.311 e. The highest BCUT2D eigenvalue weighted by atomic mass is 16.7. The number of carbonyl (C=O) groups excluding carboxylic acids is 1. The van der Waals surface area contributed by atoms with E-state index in [4.69, 9.17) is 42.7 Å². The first-order valence-corrected chi connectivity index (χ1v) is 20.8. The molecule has 0 aliphatic carbocycles. The first-order chi connectivity index (χ1) is 26.7. The molecule has 0 radical (unpaired) electrons. The molecule has 17 atom stereocenters. The Morgan fingerprint density at radius 1 is 0.982 bits per heavy atom. The van der Waals surface area contributed by atoms with Gasteiger partial charge in [0.1, 0.15) is 18.3 Å². The Bertz CT molecular complexity index is 1250. The van der Waals surface area contributed by atoms with Crippen LogP contribution in [0.1, 0.15) is 94.9 Å². The molecule has 334 valence electrons. The summed E-state index contributed by atoms with van der Waals surface area (Å²) in [5, 5.41) is 43.0.